The van der Waals surface area contributed by atoms with Gasteiger partial charge in [0.15, 0.2) is 0 Å². The molecule has 0 amide bonds. The molecule has 0 aliphatic heterocycles. The Morgan fingerprint density at radius 2 is 1.24 bits per heavy atom. The molecule has 21 heavy (non-hydrogen) atoms. The average molecular weight is 380 g/mol. The van der Waals surface area contributed by atoms with Crippen molar-refractivity contribution in [2.45, 2.75) is 64.1 Å². The van der Waals surface area contributed by atoms with Crippen molar-refractivity contribution < 1.29 is 4.74 Å². The molecule has 0 rings (SSSR count). The van der Waals surface area contributed by atoms with E-state index in [-0.39, 0.29) is 12.2 Å². The molecule has 0 heterocycles. The molecule has 0 radical (unpaired) electrons. The summed E-state index contributed by atoms with van der Waals surface area (Å²) in [5, 5.41) is 0. The van der Waals surface area contributed by atoms with E-state index in [1.807, 2.05) is 6.08 Å². The molecule has 0 atom stereocenters. The fraction of sp³-hybridized carbons (Fsp3) is 0.875. The number of alkyl halides is 4. The topological polar surface area (TPSA) is 9.23 Å². The van der Waals surface area contributed by atoms with Crippen LogP contribution in [-0.2, 0) is 4.74 Å². The Morgan fingerprint density at radius 3 is 1.62 bits per heavy atom. The van der Waals surface area contributed by atoms with Crippen molar-refractivity contribution in [3.63, 3.8) is 0 Å². The summed E-state index contributed by atoms with van der Waals surface area (Å²) in [6.45, 7) is 5.95. The van der Waals surface area contributed by atoms with Gasteiger partial charge >= 0.3 is 0 Å². The molecule has 0 bridgehead atoms. The SMILES string of the molecule is C=CCCCCCCCC.ClCC(CCl)OC(CCl)CCl. The molecule has 0 spiro atoms. The van der Waals surface area contributed by atoms with E-state index in [2.05, 4.69) is 13.5 Å². The van der Waals surface area contributed by atoms with Gasteiger partial charge in [0.05, 0.1) is 12.2 Å². The molecule has 0 aliphatic rings. The zero-order valence-corrected chi connectivity index (χ0v) is 16.2. The van der Waals surface area contributed by atoms with Gasteiger partial charge in [-0.2, -0.15) is 0 Å². The molecule has 0 aromatic heterocycles. The Balaban J connectivity index is 0. The minimum Gasteiger partial charge on any atom is -0.370 e. The minimum atomic E-state index is -0.152. The molecule has 0 aliphatic carbocycles. The first-order valence-electron chi connectivity index (χ1n) is 7.70. The van der Waals surface area contributed by atoms with E-state index in [1.165, 1.54) is 44.9 Å². The summed E-state index contributed by atoms with van der Waals surface area (Å²) in [5.41, 5.74) is 0. The molecular formula is C16H30Cl4O. The zero-order valence-electron chi connectivity index (χ0n) is 13.1. The van der Waals surface area contributed by atoms with Crippen LogP contribution in [0.3, 0.4) is 0 Å². The third-order valence-electron chi connectivity index (χ3n) is 2.84. The van der Waals surface area contributed by atoms with Crippen molar-refractivity contribution in [2.75, 3.05) is 23.5 Å². The van der Waals surface area contributed by atoms with Gasteiger partial charge in [0.1, 0.15) is 0 Å². The summed E-state index contributed by atoms with van der Waals surface area (Å²) in [6.07, 6.45) is 11.2. The van der Waals surface area contributed by atoms with Gasteiger partial charge in [-0.1, -0.05) is 45.1 Å². The van der Waals surface area contributed by atoms with E-state index in [4.69, 9.17) is 51.1 Å². The molecule has 0 aromatic carbocycles. The Labute approximate surface area is 151 Å². The average Bonchev–Trinajstić information content (AvgIpc) is 2.53. The van der Waals surface area contributed by atoms with E-state index in [9.17, 15) is 0 Å². The Hall–Kier alpha value is 0.860. The largest absolute Gasteiger partial charge is 0.370 e. The van der Waals surface area contributed by atoms with Gasteiger partial charge in [-0.3, -0.25) is 0 Å². The summed E-state index contributed by atoms with van der Waals surface area (Å²) in [4.78, 5) is 0. The molecule has 0 saturated carbocycles. The highest BCUT2D eigenvalue weighted by atomic mass is 35.5. The lowest BCUT2D eigenvalue weighted by Crippen LogP contribution is -2.27. The maximum absolute atomic E-state index is 5.53. The van der Waals surface area contributed by atoms with Crippen molar-refractivity contribution in [1.29, 1.82) is 0 Å². The van der Waals surface area contributed by atoms with Gasteiger partial charge in [-0.05, 0) is 12.8 Å². The van der Waals surface area contributed by atoms with Crippen LogP contribution in [0.5, 0.6) is 0 Å². The maximum Gasteiger partial charge on any atom is 0.0850 e. The summed E-state index contributed by atoms with van der Waals surface area (Å²) in [7, 11) is 0. The van der Waals surface area contributed by atoms with Crippen molar-refractivity contribution in [1.82, 2.24) is 0 Å². The third kappa shape index (κ3) is 18.8. The molecule has 0 saturated heterocycles. The molecule has 0 fully saturated rings. The van der Waals surface area contributed by atoms with Crippen LogP contribution in [-0.4, -0.2) is 35.7 Å². The highest BCUT2D eigenvalue weighted by Gasteiger charge is 2.13. The van der Waals surface area contributed by atoms with Gasteiger partial charge < -0.3 is 4.74 Å². The fourth-order valence-corrected chi connectivity index (χ4v) is 2.52. The van der Waals surface area contributed by atoms with Gasteiger partial charge in [-0.25, -0.2) is 0 Å². The Morgan fingerprint density at radius 1 is 0.810 bits per heavy atom. The Bertz CT molecular complexity index is 185. The quantitative estimate of drug-likeness (QED) is 0.198. The molecule has 1 nitrogen and oxygen atoms in total. The number of hydrogen-bond acceptors (Lipinski definition) is 1. The predicted octanol–water partition coefficient (Wildman–Crippen LogP) is 6.62. The van der Waals surface area contributed by atoms with Crippen LogP contribution in [0.1, 0.15) is 51.9 Å². The van der Waals surface area contributed by atoms with Crippen LogP contribution in [0.4, 0.5) is 0 Å². The smallest absolute Gasteiger partial charge is 0.0850 e. The maximum atomic E-state index is 5.53. The number of unbranched alkanes of at least 4 members (excludes halogenated alkanes) is 6. The van der Waals surface area contributed by atoms with Gasteiger partial charge in [0.25, 0.3) is 0 Å². The highest BCUT2D eigenvalue weighted by molar-refractivity contribution is 6.22. The zero-order chi connectivity index (χ0) is 16.3. The van der Waals surface area contributed by atoms with Crippen LogP contribution in [0.15, 0.2) is 12.7 Å². The van der Waals surface area contributed by atoms with E-state index in [1.54, 1.807) is 0 Å². The van der Waals surface area contributed by atoms with E-state index in [0.29, 0.717) is 23.5 Å². The molecule has 0 aromatic rings. The normalized spacial score (nSPS) is 10.6. The number of ether oxygens (including phenoxy) is 1. The standard InChI is InChI=1S/C10H20.C6H10Cl4O/c1-3-5-7-9-10-8-6-4-2;7-1-5(2-8)11-6(3-9)4-10/h3H,1,4-10H2,2H3;5-6H,1-4H2. The first-order valence-corrected chi connectivity index (χ1v) is 9.84. The second kappa shape index (κ2) is 20.9. The van der Waals surface area contributed by atoms with Crippen LogP contribution in [0.2, 0.25) is 0 Å². The van der Waals surface area contributed by atoms with Crippen molar-refractivity contribution >= 4 is 46.4 Å². The Kier molecular flexibility index (Phi) is 24.0. The van der Waals surface area contributed by atoms with Gasteiger partial charge in [0.2, 0.25) is 0 Å². The summed E-state index contributed by atoms with van der Waals surface area (Å²) < 4.78 is 5.32. The molecule has 0 N–H and O–H groups in total. The molecule has 0 unspecified atom stereocenters. The van der Waals surface area contributed by atoms with Crippen molar-refractivity contribution in [2.24, 2.45) is 0 Å². The summed E-state index contributed by atoms with van der Waals surface area (Å²) >= 11 is 22.1. The predicted molar refractivity (Wildman–Crippen MR) is 99.7 cm³/mol. The van der Waals surface area contributed by atoms with E-state index in [0.717, 1.165) is 0 Å². The van der Waals surface area contributed by atoms with Crippen LogP contribution < -0.4 is 0 Å². The second-order valence-corrected chi connectivity index (χ2v) is 6.08. The monoisotopic (exact) mass is 378 g/mol. The summed E-state index contributed by atoms with van der Waals surface area (Å²) in [6, 6.07) is 0. The van der Waals surface area contributed by atoms with Crippen molar-refractivity contribution in [3.8, 4) is 0 Å². The third-order valence-corrected chi connectivity index (χ3v) is 4.21. The van der Waals surface area contributed by atoms with Gasteiger partial charge in [0, 0.05) is 23.5 Å². The lowest BCUT2D eigenvalue weighted by Gasteiger charge is -2.17. The first-order chi connectivity index (χ1) is 10.2. The van der Waals surface area contributed by atoms with Gasteiger partial charge in [-0.15, -0.1) is 53.0 Å². The number of allylic oxidation sites excluding steroid dienone is 1. The molecule has 128 valence electrons. The lowest BCUT2D eigenvalue weighted by molar-refractivity contribution is 0.0378. The first kappa shape index (κ1) is 24.1. The van der Waals surface area contributed by atoms with E-state index < -0.39 is 0 Å². The molecular weight excluding hydrogens is 350 g/mol. The number of rotatable bonds is 13. The highest BCUT2D eigenvalue weighted by Crippen LogP contribution is 2.07. The van der Waals surface area contributed by atoms with Crippen molar-refractivity contribution in [3.05, 3.63) is 12.7 Å². The van der Waals surface area contributed by atoms with Crippen LogP contribution in [0, 0.1) is 0 Å². The number of halogens is 4. The fourth-order valence-electron chi connectivity index (χ4n) is 1.57. The lowest BCUT2D eigenvalue weighted by atomic mass is 10.1. The molecule has 5 heteroatoms. The van der Waals surface area contributed by atoms with Crippen LogP contribution >= 0.6 is 46.4 Å². The second-order valence-electron chi connectivity index (χ2n) is 4.84. The number of hydrogen-bond donors (Lipinski definition) is 0. The summed E-state index contributed by atoms with van der Waals surface area (Å²) in [5.74, 6) is 1.48. The van der Waals surface area contributed by atoms with Crippen LogP contribution in [0.25, 0.3) is 0 Å². The van der Waals surface area contributed by atoms with E-state index >= 15 is 0 Å². The minimum absolute atomic E-state index is 0.152.